The summed E-state index contributed by atoms with van der Waals surface area (Å²) in [5.41, 5.74) is 3.76. The molecule has 1 aliphatic heterocycles. The van der Waals surface area contributed by atoms with Gasteiger partial charge in [-0.2, -0.15) is 0 Å². The monoisotopic (exact) mass is 386 g/mol. The molecule has 1 fully saturated rings. The number of carbonyl (C=O) groups excluding carboxylic acids is 2. The zero-order valence-electron chi connectivity index (χ0n) is 15.9. The van der Waals surface area contributed by atoms with E-state index >= 15 is 0 Å². The summed E-state index contributed by atoms with van der Waals surface area (Å²) in [5.74, 6) is -0.406. The Morgan fingerprint density at radius 2 is 1.66 bits per heavy atom. The molecule has 0 bridgehead atoms. The molecule has 0 aliphatic carbocycles. The van der Waals surface area contributed by atoms with Crippen LogP contribution in [0.1, 0.15) is 23.2 Å². The predicted molar refractivity (Wildman–Crippen MR) is 114 cm³/mol. The Labute approximate surface area is 169 Å². The average Bonchev–Trinajstić information content (AvgIpc) is 3.30. The Balaban J connectivity index is 1.50. The molecule has 1 unspecified atom stereocenters. The molecule has 1 saturated heterocycles. The van der Waals surface area contributed by atoms with Gasteiger partial charge in [0, 0.05) is 29.1 Å². The van der Waals surface area contributed by atoms with E-state index in [0.717, 1.165) is 29.7 Å². The van der Waals surface area contributed by atoms with Crippen molar-refractivity contribution in [2.24, 2.45) is 0 Å². The predicted octanol–water partition coefficient (Wildman–Crippen LogP) is 4.72. The fourth-order valence-corrected chi connectivity index (χ4v) is 3.40. The van der Waals surface area contributed by atoms with Crippen molar-refractivity contribution in [2.45, 2.75) is 18.9 Å². The lowest BCUT2D eigenvalue weighted by atomic mass is 10.0. The maximum absolute atomic E-state index is 12.8. The molecule has 1 heterocycles. The lowest BCUT2D eigenvalue weighted by molar-refractivity contribution is -0.124. The SMILES string of the molecule is O=C(Nc1ccccc1-c1ccccc1)c1cccc(NC(=O)C2CCCO2)c1. The van der Waals surface area contributed by atoms with E-state index in [1.165, 1.54) is 0 Å². The van der Waals surface area contributed by atoms with E-state index in [-0.39, 0.29) is 11.8 Å². The van der Waals surface area contributed by atoms with Crippen molar-refractivity contribution in [1.82, 2.24) is 0 Å². The lowest BCUT2D eigenvalue weighted by Crippen LogP contribution is -2.27. The second-order valence-electron chi connectivity index (χ2n) is 6.94. The van der Waals surface area contributed by atoms with Crippen molar-refractivity contribution in [3.8, 4) is 11.1 Å². The van der Waals surface area contributed by atoms with Gasteiger partial charge >= 0.3 is 0 Å². The molecule has 5 heteroatoms. The Morgan fingerprint density at radius 1 is 0.862 bits per heavy atom. The first-order valence-electron chi connectivity index (χ1n) is 9.69. The summed E-state index contributed by atoms with van der Waals surface area (Å²) >= 11 is 0. The third kappa shape index (κ3) is 4.52. The fourth-order valence-electron chi connectivity index (χ4n) is 3.40. The van der Waals surface area contributed by atoms with Gasteiger partial charge in [0.2, 0.25) is 0 Å². The van der Waals surface area contributed by atoms with E-state index in [0.29, 0.717) is 17.9 Å². The molecule has 5 nitrogen and oxygen atoms in total. The van der Waals surface area contributed by atoms with Crippen LogP contribution in [0.4, 0.5) is 11.4 Å². The summed E-state index contributed by atoms with van der Waals surface area (Å²) in [6.45, 7) is 0.612. The Kier molecular flexibility index (Phi) is 5.68. The number of benzene rings is 3. The number of para-hydroxylation sites is 1. The minimum absolute atomic E-state index is 0.172. The number of hydrogen-bond donors (Lipinski definition) is 2. The van der Waals surface area contributed by atoms with Crippen molar-refractivity contribution >= 4 is 23.2 Å². The Hall–Kier alpha value is -3.44. The maximum atomic E-state index is 12.8. The summed E-state index contributed by atoms with van der Waals surface area (Å²) in [7, 11) is 0. The van der Waals surface area contributed by atoms with Crippen LogP contribution < -0.4 is 10.6 Å². The van der Waals surface area contributed by atoms with Crippen LogP contribution in [-0.2, 0) is 9.53 Å². The number of ether oxygens (including phenoxy) is 1. The highest BCUT2D eigenvalue weighted by atomic mass is 16.5. The van der Waals surface area contributed by atoms with Crippen LogP contribution in [0, 0.1) is 0 Å². The molecule has 29 heavy (non-hydrogen) atoms. The summed E-state index contributed by atoms with van der Waals surface area (Å²) in [6.07, 6.45) is 1.20. The van der Waals surface area contributed by atoms with Gasteiger partial charge in [0.05, 0.1) is 0 Å². The first-order chi connectivity index (χ1) is 14.2. The van der Waals surface area contributed by atoms with Gasteiger partial charge in [-0.05, 0) is 42.7 Å². The van der Waals surface area contributed by atoms with Gasteiger partial charge in [-0.3, -0.25) is 9.59 Å². The Bertz CT molecular complexity index is 1010. The first kappa shape index (κ1) is 18.9. The number of carbonyl (C=O) groups is 2. The van der Waals surface area contributed by atoms with Crippen LogP contribution in [0.5, 0.6) is 0 Å². The number of nitrogens with one attached hydrogen (secondary N) is 2. The van der Waals surface area contributed by atoms with Gasteiger partial charge < -0.3 is 15.4 Å². The van der Waals surface area contributed by atoms with E-state index in [1.54, 1.807) is 24.3 Å². The number of rotatable bonds is 5. The largest absolute Gasteiger partial charge is 0.368 e. The summed E-state index contributed by atoms with van der Waals surface area (Å²) < 4.78 is 5.41. The molecule has 4 rings (SSSR count). The minimum atomic E-state index is -0.412. The summed E-state index contributed by atoms with van der Waals surface area (Å²) in [5, 5.41) is 5.82. The number of anilines is 2. The van der Waals surface area contributed by atoms with Gasteiger partial charge in [-0.25, -0.2) is 0 Å². The molecule has 1 atom stereocenters. The first-order valence-corrected chi connectivity index (χ1v) is 9.69. The highest BCUT2D eigenvalue weighted by Gasteiger charge is 2.23. The van der Waals surface area contributed by atoms with E-state index in [9.17, 15) is 9.59 Å². The zero-order valence-corrected chi connectivity index (χ0v) is 15.9. The van der Waals surface area contributed by atoms with Gasteiger partial charge in [0.15, 0.2) is 0 Å². The van der Waals surface area contributed by atoms with Crippen molar-refractivity contribution in [3.05, 3.63) is 84.4 Å². The second-order valence-corrected chi connectivity index (χ2v) is 6.94. The number of hydrogen-bond acceptors (Lipinski definition) is 3. The van der Waals surface area contributed by atoms with Crippen LogP contribution in [-0.4, -0.2) is 24.5 Å². The van der Waals surface area contributed by atoms with E-state index in [1.807, 2.05) is 54.6 Å². The minimum Gasteiger partial charge on any atom is -0.368 e. The number of amides is 2. The third-order valence-electron chi connectivity index (χ3n) is 4.87. The van der Waals surface area contributed by atoms with Crippen LogP contribution >= 0.6 is 0 Å². The molecule has 3 aromatic carbocycles. The molecular formula is C24H22N2O3. The standard InChI is InChI=1S/C24H22N2O3/c27-23(26-21-13-5-4-12-20(21)17-8-2-1-3-9-17)18-10-6-11-19(16-18)25-24(28)22-14-7-15-29-22/h1-6,8-13,16,22H,7,14-15H2,(H,25,28)(H,26,27). The summed E-state index contributed by atoms with van der Waals surface area (Å²) in [6, 6.07) is 24.5. The van der Waals surface area contributed by atoms with E-state index < -0.39 is 6.10 Å². The van der Waals surface area contributed by atoms with Gasteiger partial charge in [-0.15, -0.1) is 0 Å². The third-order valence-corrected chi connectivity index (χ3v) is 4.87. The quantitative estimate of drug-likeness (QED) is 0.666. The molecule has 1 aliphatic rings. The van der Waals surface area contributed by atoms with Gasteiger partial charge in [0.25, 0.3) is 11.8 Å². The highest BCUT2D eigenvalue weighted by Crippen LogP contribution is 2.28. The molecule has 0 spiro atoms. The molecule has 2 N–H and O–H groups in total. The normalized spacial score (nSPS) is 15.7. The van der Waals surface area contributed by atoms with Gasteiger partial charge in [0.1, 0.15) is 6.10 Å². The van der Waals surface area contributed by atoms with Crippen molar-refractivity contribution in [2.75, 3.05) is 17.2 Å². The van der Waals surface area contributed by atoms with Crippen molar-refractivity contribution < 1.29 is 14.3 Å². The van der Waals surface area contributed by atoms with Gasteiger partial charge in [-0.1, -0.05) is 54.6 Å². The van der Waals surface area contributed by atoms with Crippen LogP contribution in [0.2, 0.25) is 0 Å². The zero-order chi connectivity index (χ0) is 20.1. The second kappa shape index (κ2) is 8.71. The van der Waals surface area contributed by atoms with E-state index in [2.05, 4.69) is 10.6 Å². The van der Waals surface area contributed by atoms with Crippen LogP contribution in [0.3, 0.4) is 0 Å². The maximum Gasteiger partial charge on any atom is 0.255 e. The molecular weight excluding hydrogens is 364 g/mol. The lowest BCUT2D eigenvalue weighted by Gasteiger charge is -2.13. The average molecular weight is 386 g/mol. The van der Waals surface area contributed by atoms with Crippen molar-refractivity contribution in [3.63, 3.8) is 0 Å². The van der Waals surface area contributed by atoms with Crippen LogP contribution in [0.25, 0.3) is 11.1 Å². The molecule has 3 aromatic rings. The summed E-state index contributed by atoms with van der Waals surface area (Å²) in [4.78, 5) is 25.1. The molecule has 146 valence electrons. The topological polar surface area (TPSA) is 67.4 Å². The molecule has 2 amide bonds. The Morgan fingerprint density at radius 3 is 2.45 bits per heavy atom. The smallest absolute Gasteiger partial charge is 0.255 e. The fraction of sp³-hybridized carbons (Fsp3) is 0.167. The molecule has 0 radical (unpaired) electrons. The highest BCUT2D eigenvalue weighted by molar-refractivity contribution is 6.07. The van der Waals surface area contributed by atoms with Crippen molar-refractivity contribution in [1.29, 1.82) is 0 Å². The molecule has 0 saturated carbocycles. The van der Waals surface area contributed by atoms with Crippen LogP contribution in [0.15, 0.2) is 78.9 Å². The van der Waals surface area contributed by atoms with E-state index in [4.69, 9.17) is 4.74 Å². The molecule has 0 aromatic heterocycles.